The smallest absolute Gasteiger partial charge is 0.134 e. The molecule has 1 heterocycles. The van der Waals surface area contributed by atoms with Crippen LogP contribution < -0.4 is 5.32 Å². The molecule has 0 saturated heterocycles. The second-order valence-corrected chi connectivity index (χ2v) is 4.00. The number of anilines is 1. The van der Waals surface area contributed by atoms with Gasteiger partial charge in [0.1, 0.15) is 11.9 Å². The van der Waals surface area contributed by atoms with Crippen molar-refractivity contribution >= 4 is 5.69 Å². The van der Waals surface area contributed by atoms with Crippen LogP contribution in [-0.2, 0) is 11.3 Å². The van der Waals surface area contributed by atoms with Crippen molar-refractivity contribution in [1.82, 2.24) is 0 Å². The molecule has 0 aliphatic carbocycles. The summed E-state index contributed by atoms with van der Waals surface area (Å²) in [4.78, 5) is 0. The van der Waals surface area contributed by atoms with Crippen molar-refractivity contribution < 1.29 is 14.3 Å². The number of para-hydroxylation sites is 1. The lowest BCUT2D eigenvalue weighted by Crippen LogP contribution is -2.12. The molecule has 2 rings (SSSR count). The normalized spacial score (nSPS) is 12.3. The summed E-state index contributed by atoms with van der Waals surface area (Å²) < 4.78 is 10.3. The number of hydrogen-bond donors (Lipinski definition) is 2. The summed E-state index contributed by atoms with van der Waals surface area (Å²) in [5.74, 6) is 0.562. The number of ether oxygens (including phenoxy) is 1. The van der Waals surface area contributed by atoms with Gasteiger partial charge in [0.15, 0.2) is 0 Å². The van der Waals surface area contributed by atoms with E-state index in [0.717, 1.165) is 11.3 Å². The topological polar surface area (TPSA) is 54.6 Å². The lowest BCUT2D eigenvalue weighted by Gasteiger charge is -2.13. The third kappa shape index (κ3) is 3.12. The molecule has 0 aliphatic rings. The minimum atomic E-state index is -0.657. The number of methoxy groups -OCH3 is 1. The monoisotopic (exact) mass is 247 g/mol. The van der Waals surface area contributed by atoms with Crippen molar-refractivity contribution in [3.05, 3.63) is 54.0 Å². The molecule has 4 nitrogen and oxygen atoms in total. The molecule has 0 amide bonds. The van der Waals surface area contributed by atoms with E-state index in [-0.39, 0.29) is 0 Å². The van der Waals surface area contributed by atoms with E-state index in [1.165, 1.54) is 0 Å². The molecule has 18 heavy (non-hydrogen) atoms. The number of aliphatic hydroxyl groups is 1. The van der Waals surface area contributed by atoms with E-state index in [9.17, 15) is 5.11 Å². The Kier molecular flexibility index (Phi) is 4.39. The first kappa shape index (κ1) is 12.7. The van der Waals surface area contributed by atoms with Crippen LogP contribution in [0.3, 0.4) is 0 Å². The number of hydrogen-bond acceptors (Lipinski definition) is 4. The molecule has 0 bridgehead atoms. The molecule has 0 saturated carbocycles. The number of furan rings is 1. The molecule has 2 aromatic rings. The van der Waals surface area contributed by atoms with E-state index < -0.39 is 6.10 Å². The van der Waals surface area contributed by atoms with Gasteiger partial charge in [-0.2, -0.15) is 0 Å². The molecule has 1 unspecified atom stereocenters. The molecular weight excluding hydrogens is 230 g/mol. The third-order valence-corrected chi connectivity index (χ3v) is 2.67. The minimum absolute atomic E-state index is 0.397. The van der Waals surface area contributed by atoms with Gasteiger partial charge >= 0.3 is 0 Å². The van der Waals surface area contributed by atoms with Crippen LogP contribution in [0.25, 0.3) is 0 Å². The highest BCUT2D eigenvalue weighted by Crippen LogP contribution is 2.18. The van der Waals surface area contributed by atoms with Crippen LogP contribution in [-0.4, -0.2) is 18.8 Å². The van der Waals surface area contributed by atoms with E-state index in [1.54, 1.807) is 25.5 Å². The second-order valence-electron chi connectivity index (χ2n) is 4.00. The van der Waals surface area contributed by atoms with Crippen LogP contribution in [0.4, 0.5) is 5.69 Å². The van der Waals surface area contributed by atoms with Crippen molar-refractivity contribution in [2.24, 2.45) is 0 Å². The number of nitrogens with one attached hydrogen (secondary N) is 1. The van der Waals surface area contributed by atoms with E-state index in [2.05, 4.69) is 5.32 Å². The third-order valence-electron chi connectivity index (χ3n) is 2.67. The summed E-state index contributed by atoms with van der Waals surface area (Å²) in [7, 11) is 1.66. The fraction of sp³-hybridized carbons (Fsp3) is 0.286. The average Bonchev–Trinajstić information content (AvgIpc) is 2.92. The zero-order valence-corrected chi connectivity index (χ0v) is 10.3. The van der Waals surface area contributed by atoms with E-state index in [4.69, 9.17) is 9.15 Å². The molecule has 0 fully saturated rings. The van der Waals surface area contributed by atoms with Crippen LogP contribution in [0.15, 0.2) is 47.1 Å². The molecule has 4 heteroatoms. The quantitative estimate of drug-likeness (QED) is 0.823. The molecular formula is C14H17NO3. The molecule has 1 aromatic heterocycles. The highest BCUT2D eigenvalue weighted by atomic mass is 16.5. The van der Waals surface area contributed by atoms with Crippen LogP contribution in [0.5, 0.6) is 0 Å². The maximum atomic E-state index is 9.90. The minimum Gasteiger partial charge on any atom is -0.467 e. The highest BCUT2D eigenvalue weighted by Gasteiger charge is 2.10. The van der Waals surface area contributed by atoms with Crippen LogP contribution in [0.1, 0.15) is 17.4 Å². The first-order valence-corrected chi connectivity index (χ1v) is 5.83. The molecule has 0 aliphatic heterocycles. The SMILES string of the molecule is COCc1ccccc1NCC(O)c1ccco1. The average molecular weight is 247 g/mol. The molecule has 0 spiro atoms. The van der Waals surface area contributed by atoms with Gasteiger partial charge in [0.05, 0.1) is 12.9 Å². The van der Waals surface area contributed by atoms with Crippen LogP contribution in [0.2, 0.25) is 0 Å². The summed E-state index contributed by atoms with van der Waals surface area (Å²) in [5, 5.41) is 13.1. The van der Waals surface area contributed by atoms with Crippen LogP contribution in [0, 0.1) is 0 Å². The Labute approximate surface area is 106 Å². The first-order chi connectivity index (χ1) is 8.81. The molecule has 96 valence electrons. The van der Waals surface area contributed by atoms with E-state index >= 15 is 0 Å². The van der Waals surface area contributed by atoms with Gasteiger partial charge in [-0.1, -0.05) is 18.2 Å². The molecule has 1 aromatic carbocycles. The van der Waals surface area contributed by atoms with Gasteiger partial charge in [0.2, 0.25) is 0 Å². The fourth-order valence-corrected chi connectivity index (χ4v) is 1.76. The van der Waals surface area contributed by atoms with Crippen molar-refractivity contribution in [3.8, 4) is 0 Å². The van der Waals surface area contributed by atoms with Gasteiger partial charge in [-0.3, -0.25) is 0 Å². The first-order valence-electron chi connectivity index (χ1n) is 5.83. The van der Waals surface area contributed by atoms with Crippen molar-refractivity contribution in [3.63, 3.8) is 0 Å². The fourth-order valence-electron chi connectivity index (χ4n) is 1.76. The van der Waals surface area contributed by atoms with Crippen molar-refractivity contribution in [1.29, 1.82) is 0 Å². The Morgan fingerprint density at radius 3 is 2.83 bits per heavy atom. The largest absolute Gasteiger partial charge is 0.467 e. The summed E-state index contributed by atoms with van der Waals surface area (Å²) in [5.41, 5.74) is 2.02. The van der Waals surface area contributed by atoms with Gasteiger partial charge in [-0.25, -0.2) is 0 Å². The summed E-state index contributed by atoms with van der Waals surface area (Å²) in [6.07, 6.45) is 0.896. The lowest BCUT2D eigenvalue weighted by atomic mass is 10.2. The number of rotatable bonds is 6. The van der Waals surface area contributed by atoms with Gasteiger partial charge in [-0.15, -0.1) is 0 Å². The molecule has 0 radical (unpaired) electrons. The molecule has 1 atom stereocenters. The van der Waals surface area contributed by atoms with Crippen LogP contribution >= 0.6 is 0 Å². The zero-order chi connectivity index (χ0) is 12.8. The maximum Gasteiger partial charge on any atom is 0.134 e. The standard InChI is InChI=1S/C14H17NO3/c1-17-10-11-5-2-3-6-12(11)15-9-13(16)14-7-4-8-18-14/h2-8,13,15-16H,9-10H2,1H3. The van der Waals surface area contributed by atoms with E-state index in [0.29, 0.717) is 18.9 Å². The lowest BCUT2D eigenvalue weighted by molar-refractivity contribution is 0.162. The Balaban J connectivity index is 1.97. The predicted molar refractivity (Wildman–Crippen MR) is 69.3 cm³/mol. The van der Waals surface area contributed by atoms with Gasteiger partial charge in [0, 0.05) is 24.9 Å². The summed E-state index contributed by atoms with van der Waals surface area (Å²) >= 11 is 0. The van der Waals surface area contributed by atoms with Gasteiger partial charge in [0.25, 0.3) is 0 Å². The number of benzene rings is 1. The van der Waals surface area contributed by atoms with Gasteiger partial charge in [-0.05, 0) is 18.2 Å². The maximum absolute atomic E-state index is 9.90. The highest BCUT2D eigenvalue weighted by molar-refractivity contribution is 5.50. The Hall–Kier alpha value is -1.78. The summed E-state index contributed by atoms with van der Waals surface area (Å²) in [6, 6.07) is 11.4. The predicted octanol–water partition coefficient (Wildman–Crippen LogP) is 2.57. The summed E-state index contributed by atoms with van der Waals surface area (Å²) in [6.45, 7) is 0.939. The Bertz CT molecular complexity index is 468. The number of aliphatic hydroxyl groups excluding tert-OH is 1. The zero-order valence-electron chi connectivity index (χ0n) is 10.3. The van der Waals surface area contributed by atoms with Crippen molar-refractivity contribution in [2.45, 2.75) is 12.7 Å². The van der Waals surface area contributed by atoms with Gasteiger partial charge < -0.3 is 19.6 Å². The molecule has 2 N–H and O–H groups in total. The van der Waals surface area contributed by atoms with Crippen molar-refractivity contribution in [2.75, 3.05) is 19.0 Å². The Morgan fingerprint density at radius 1 is 1.28 bits per heavy atom. The second kappa shape index (κ2) is 6.23. The van der Waals surface area contributed by atoms with E-state index in [1.807, 2.05) is 24.3 Å². The Morgan fingerprint density at radius 2 is 2.11 bits per heavy atom.